The summed E-state index contributed by atoms with van der Waals surface area (Å²) in [5, 5.41) is 0. The first-order valence-corrected chi connectivity index (χ1v) is 13.0. The van der Waals surface area contributed by atoms with Gasteiger partial charge in [-0.3, -0.25) is 14.5 Å². The Hall–Kier alpha value is -4.47. The minimum absolute atomic E-state index is 0.0602. The Labute approximate surface area is 226 Å². The van der Waals surface area contributed by atoms with E-state index >= 15 is 0 Å². The first kappa shape index (κ1) is 26.1. The van der Waals surface area contributed by atoms with Crippen LogP contribution in [-0.4, -0.2) is 44.6 Å². The third-order valence-electron chi connectivity index (χ3n) is 7.08. The molecular formula is C29H32N6O4. The lowest BCUT2D eigenvalue weighted by atomic mass is 10.0. The fraction of sp³-hybridized carbons (Fsp3) is 0.345. The Balaban J connectivity index is 1.77. The average Bonchev–Trinajstić information content (AvgIpc) is 3.48. The highest BCUT2D eigenvalue weighted by molar-refractivity contribution is 6.10. The summed E-state index contributed by atoms with van der Waals surface area (Å²) < 4.78 is 12.8. The van der Waals surface area contributed by atoms with Crippen LogP contribution in [0.15, 0.2) is 47.5 Å². The largest absolute Gasteiger partial charge is 0.480 e. The van der Waals surface area contributed by atoms with Crippen LogP contribution in [0.25, 0.3) is 11.4 Å². The van der Waals surface area contributed by atoms with Gasteiger partial charge in [0.2, 0.25) is 5.88 Å². The molecule has 0 saturated heterocycles. The predicted molar refractivity (Wildman–Crippen MR) is 148 cm³/mol. The molecule has 4 aromatic rings. The Bertz CT molecular complexity index is 1590. The summed E-state index contributed by atoms with van der Waals surface area (Å²) in [6.07, 6.45) is 4.65. The summed E-state index contributed by atoms with van der Waals surface area (Å²) in [5.41, 5.74) is 4.85. The van der Waals surface area contributed by atoms with E-state index in [0.29, 0.717) is 40.6 Å². The summed E-state index contributed by atoms with van der Waals surface area (Å²) in [7, 11) is 3.01. The topological polar surface area (TPSA) is 115 Å². The van der Waals surface area contributed by atoms with Crippen molar-refractivity contribution in [3.63, 3.8) is 0 Å². The number of aryl methyl sites for hydroxylation is 2. The van der Waals surface area contributed by atoms with Crippen LogP contribution in [0, 0.1) is 0 Å². The zero-order valence-electron chi connectivity index (χ0n) is 23.0. The Morgan fingerprint density at radius 1 is 1.03 bits per heavy atom. The number of nitrogens with one attached hydrogen (secondary N) is 1. The molecule has 202 valence electrons. The maximum absolute atomic E-state index is 14.1. The highest BCUT2D eigenvalue weighted by Gasteiger charge is 2.45. The molecule has 4 heterocycles. The van der Waals surface area contributed by atoms with Crippen LogP contribution in [0.1, 0.15) is 72.7 Å². The van der Waals surface area contributed by atoms with Gasteiger partial charge in [0.05, 0.1) is 31.2 Å². The Morgan fingerprint density at radius 3 is 2.38 bits per heavy atom. The molecular weight excluding hydrogens is 496 g/mol. The smallest absolute Gasteiger partial charge is 0.319 e. The number of fused-ring (bicyclic) bond motifs is 1. The third-order valence-corrected chi connectivity index (χ3v) is 7.08. The average molecular weight is 529 g/mol. The molecule has 1 aliphatic rings. The number of hydrogen-bond acceptors (Lipinski definition) is 7. The number of ether oxygens (including phenoxy) is 2. The zero-order valence-corrected chi connectivity index (χ0v) is 23.0. The van der Waals surface area contributed by atoms with Gasteiger partial charge >= 0.3 is 6.01 Å². The summed E-state index contributed by atoms with van der Waals surface area (Å²) in [6, 6.07) is 9.70. The number of carbonyl (C=O) groups is 1. The zero-order chi connectivity index (χ0) is 27.8. The number of pyridine rings is 1. The number of benzene rings is 1. The van der Waals surface area contributed by atoms with Crippen LogP contribution in [0.2, 0.25) is 0 Å². The van der Waals surface area contributed by atoms with E-state index < -0.39 is 6.04 Å². The SMILES string of the molecule is CCc1ccc(C2c3c(nc(-c4cnc(OC)nc4OC)n3C(C)C)C(=O)N2c2c[nH]c(=O)c(CC)c2)cc1. The van der Waals surface area contributed by atoms with E-state index in [1.807, 2.05) is 25.3 Å². The Kier molecular flexibility index (Phi) is 6.94. The van der Waals surface area contributed by atoms with Crippen LogP contribution in [0.5, 0.6) is 11.9 Å². The van der Waals surface area contributed by atoms with E-state index in [2.05, 4.69) is 46.1 Å². The van der Waals surface area contributed by atoms with Crippen molar-refractivity contribution in [2.45, 2.75) is 52.6 Å². The summed E-state index contributed by atoms with van der Waals surface area (Å²) in [5.74, 6) is 0.583. The molecule has 10 heteroatoms. The van der Waals surface area contributed by atoms with Gasteiger partial charge in [-0.25, -0.2) is 9.97 Å². The first-order valence-electron chi connectivity index (χ1n) is 13.0. The molecule has 1 atom stereocenters. The van der Waals surface area contributed by atoms with Gasteiger partial charge in [0, 0.05) is 24.0 Å². The Morgan fingerprint density at radius 2 is 1.77 bits per heavy atom. The molecule has 3 aromatic heterocycles. The molecule has 0 radical (unpaired) electrons. The molecule has 39 heavy (non-hydrogen) atoms. The van der Waals surface area contributed by atoms with E-state index in [4.69, 9.17) is 14.5 Å². The van der Waals surface area contributed by atoms with Crippen molar-refractivity contribution >= 4 is 11.6 Å². The molecule has 0 spiro atoms. The summed E-state index contributed by atoms with van der Waals surface area (Å²) >= 11 is 0. The number of H-pyrrole nitrogens is 1. The number of hydrogen-bond donors (Lipinski definition) is 1. The van der Waals surface area contributed by atoms with Gasteiger partial charge < -0.3 is 19.0 Å². The van der Waals surface area contributed by atoms with Crippen LogP contribution < -0.4 is 19.9 Å². The van der Waals surface area contributed by atoms with Crippen molar-refractivity contribution < 1.29 is 14.3 Å². The second-order valence-corrected chi connectivity index (χ2v) is 9.65. The van der Waals surface area contributed by atoms with Gasteiger partial charge in [0.25, 0.3) is 11.5 Å². The molecule has 1 amide bonds. The number of aromatic amines is 1. The van der Waals surface area contributed by atoms with Crippen molar-refractivity contribution in [2.24, 2.45) is 0 Å². The molecule has 0 fully saturated rings. The number of imidazole rings is 1. The lowest BCUT2D eigenvalue weighted by Gasteiger charge is -2.28. The minimum Gasteiger partial charge on any atom is -0.480 e. The van der Waals surface area contributed by atoms with E-state index in [9.17, 15) is 9.59 Å². The van der Waals surface area contributed by atoms with Crippen molar-refractivity contribution in [3.05, 3.63) is 81.2 Å². The fourth-order valence-corrected chi connectivity index (χ4v) is 5.12. The van der Waals surface area contributed by atoms with Gasteiger partial charge in [-0.2, -0.15) is 4.98 Å². The molecule has 1 aliphatic heterocycles. The lowest BCUT2D eigenvalue weighted by molar-refractivity contribution is 0.0989. The monoisotopic (exact) mass is 528 g/mol. The van der Waals surface area contributed by atoms with E-state index in [0.717, 1.165) is 17.7 Å². The number of aromatic nitrogens is 5. The molecule has 1 aromatic carbocycles. The number of nitrogens with zero attached hydrogens (tertiary/aromatic N) is 5. The van der Waals surface area contributed by atoms with E-state index in [1.165, 1.54) is 19.8 Å². The van der Waals surface area contributed by atoms with Crippen molar-refractivity contribution in [2.75, 3.05) is 19.1 Å². The first-order chi connectivity index (χ1) is 18.8. The van der Waals surface area contributed by atoms with Crippen molar-refractivity contribution in [3.8, 4) is 23.3 Å². The quantitative estimate of drug-likeness (QED) is 0.358. The third kappa shape index (κ3) is 4.35. The van der Waals surface area contributed by atoms with Crippen LogP contribution in [0.4, 0.5) is 5.69 Å². The molecule has 0 aliphatic carbocycles. The number of carbonyl (C=O) groups excluding carboxylic acids is 1. The standard InChI is InChI=1S/C29H32N6O4/c1-7-17-9-11-19(12-10-17)23-24-22(28(37)35(23)20-13-18(8-2)26(36)30-14-20)32-25(34(24)16(3)4)21-15-31-29(39-6)33-27(21)38-5/h9-16,23H,7-8H2,1-6H3,(H,30,36). The van der Waals surface area contributed by atoms with Gasteiger partial charge in [0.1, 0.15) is 11.9 Å². The highest BCUT2D eigenvalue weighted by atomic mass is 16.5. The fourth-order valence-electron chi connectivity index (χ4n) is 5.12. The second kappa shape index (κ2) is 10.4. The van der Waals surface area contributed by atoms with Crippen molar-refractivity contribution in [1.29, 1.82) is 0 Å². The predicted octanol–water partition coefficient (Wildman–Crippen LogP) is 4.50. The van der Waals surface area contributed by atoms with Gasteiger partial charge in [-0.15, -0.1) is 0 Å². The van der Waals surface area contributed by atoms with Crippen LogP contribution in [-0.2, 0) is 12.8 Å². The second-order valence-electron chi connectivity index (χ2n) is 9.65. The van der Waals surface area contributed by atoms with Gasteiger partial charge in [-0.1, -0.05) is 38.1 Å². The molecule has 0 saturated carbocycles. The van der Waals surface area contributed by atoms with E-state index in [-0.39, 0.29) is 23.5 Å². The van der Waals surface area contributed by atoms with E-state index in [1.54, 1.807) is 23.4 Å². The molecule has 1 N–H and O–H groups in total. The van der Waals surface area contributed by atoms with Crippen LogP contribution in [0.3, 0.4) is 0 Å². The number of amides is 1. The molecule has 0 bridgehead atoms. The summed E-state index contributed by atoms with van der Waals surface area (Å²) in [4.78, 5) is 44.5. The number of anilines is 1. The number of methoxy groups -OCH3 is 2. The van der Waals surface area contributed by atoms with Gasteiger partial charge in [0.15, 0.2) is 5.69 Å². The highest BCUT2D eigenvalue weighted by Crippen LogP contribution is 2.45. The maximum atomic E-state index is 14.1. The molecule has 10 nitrogen and oxygen atoms in total. The molecule has 1 unspecified atom stereocenters. The van der Waals surface area contributed by atoms with Gasteiger partial charge in [-0.05, 0) is 43.9 Å². The normalized spacial score (nSPS) is 14.7. The molecule has 5 rings (SSSR count). The minimum atomic E-state index is -0.470. The van der Waals surface area contributed by atoms with Crippen molar-refractivity contribution in [1.82, 2.24) is 24.5 Å². The lowest BCUT2D eigenvalue weighted by Crippen LogP contribution is -2.31. The summed E-state index contributed by atoms with van der Waals surface area (Å²) in [6.45, 7) is 8.11. The number of rotatable bonds is 8. The van der Waals surface area contributed by atoms with Crippen LogP contribution >= 0.6 is 0 Å². The maximum Gasteiger partial charge on any atom is 0.319 e.